The van der Waals surface area contributed by atoms with E-state index in [0.29, 0.717) is 6.04 Å². The highest BCUT2D eigenvalue weighted by molar-refractivity contribution is 5.88. The molecule has 0 fully saturated rings. The molecule has 0 saturated carbocycles. The van der Waals surface area contributed by atoms with Crippen LogP contribution in [0.15, 0.2) is 48.5 Å². The highest BCUT2D eigenvalue weighted by atomic mass is 15.2. The van der Waals surface area contributed by atoms with Gasteiger partial charge in [0.1, 0.15) is 0 Å². The Balaban J connectivity index is 2.23. The van der Waals surface area contributed by atoms with Crippen molar-refractivity contribution in [2.45, 2.75) is 32.7 Å². The normalized spacial score (nSPS) is 13.1. The summed E-state index contributed by atoms with van der Waals surface area (Å²) in [4.78, 5) is 2.52. The minimum atomic E-state index is 0.539. The van der Waals surface area contributed by atoms with Gasteiger partial charge in [-0.25, -0.2) is 0 Å². The van der Waals surface area contributed by atoms with Crippen LogP contribution in [0.4, 0.5) is 11.4 Å². The van der Waals surface area contributed by atoms with Crippen LogP contribution in [0.1, 0.15) is 37.8 Å². The number of hydrogen-bond acceptors (Lipinski definition) is 1. The molecule has 3 rings (SSSR count). The summed E-state index contributed by atoms with van der Waals surface area (Å²) in [6.07, 6.45) is 6.77. The molecule has 1 aliphatic heterocycles. The van der Waals surface area contributed by atoms with Crippen LogP contribution in [0.5, 0.6) is 0 Å². The Hall–Kier alpha value is -2.02. The van der Waals surface area contributed by atoms with Gasteiger partial charge >= 0.3 is 0 Å². The minimum absolute atomic E-state index is 0.539. The first-order valence-electron chi connectivity index (χ1n) is 7.50. The molecule has 1 aliphatic rings. The predicted octanol–water partition coefficient (Wildman–Crippen LogP) is 5.50. The van der Waals surface area contributed by atoms with Gasteiger partial charge in [-0.1, -0.05) is 62.4 Å². The number of fused-ring (bicyclic) bond motifs is 2. The van der Waals surface area contributed by atoms with Gasteiger partial charge in [0.2, 0.25) is 0 Å². The zero-order chi connectivity index (χ0) is 13.9. The van der Waals surface area contributed by atoms with Crippen molar-refractivity contribution >= 4 is 23.5 Å². The summed E-state index contributed by atoms with van der Waals surface area (Å²) in [6.45, 7) is 4.55. The first-order valence-corrected chi connectivity index (χ1v) is 7.50. The molecule has 0 atom stereocenters. The van der Waals surface area contributed by atoms with E-state index in [9.17, 15) is 0 Å². The summed E-state index contributed by atoms with van der Waals surface area (Å²) in [6, 6.07) is 17.9. The van der Waals surface area contributed by atoms with Crippen molar-refractivity contribution in [1.82, 2.24) is 0 Å². The van der Waals surface area contributed by atoms with Crippen LogP contribution in [-0.2, 0) is 0 Å². The molecule has 0 aromatic heterocycles. The van der Waals surface area contributed by atoms with Gasteiger partial charge in [-0.2, -0.15) is 0 Å². The Morgan fingerprint density at radius 2 is 1.20 bits per heavy atom. The van der Waals surface area contributed by atoms with Gasteiger partial charge in [-0.3, -0.25) is 0 Å². The number of anilines is 2. The van der Waals surface area contributed by atoms with E-state index in [1.165, 1.54) is 22.5 Å². The molecule has 0 saturated heterocycles. The van der Waals surface area contributed by atoms with Crippen LogP contribution >= 0.6 is 0 Å². The van der Waals surface area contributed by atoms with Crippen LogP contribution in [0.2, 0.25) is 0 Å². The van der Waals surface area contributed by atoms with Crippen molar-refractivity contribution in [1.29, 1.82) is 0 Å². The standard InChI is InChI=1S/C19H21N/c1-3-17(4-2)20-18-11-7-5-9-15(18)13-14-16-10-6-8-12-19(16)20/h5-14,17H,3-4H2,1-2H3. The highest BCUT2D eigenvalue weighted by Gasteiger charge is 2.22. The lowest BCUT2D eigenvalue weighted by molar-refractivity contribution is 0.610. The summed E-state index contributed by atoms with van der Waals surface area (Å²) in [5, 5.41) is 0. The maximum absolute atomic E-state index is 2.52. The fraction of sp³-hybridized carbons (Fsp3) is 0.263. The Kier molecular flexibility index (Phi) is 3.60. The van der Waals surface area contributed by atoms with Crippen LogP contribution in [0.25, 0.3) is 12.2 Å². The predicted molar refractivity (Wildman–Crippen MR) is 88.3 cm³/mol. The number of hydrogen-bond donors (Lipinski definition) is 0. The van der Waals surface area contributed by atoms with Gasteiger partial charge in [0.15, 0.2) is 0 Å². The van der Waals surface area contributed by atoms with Crippen LogP contribution in [-0.4, -0.2) is 6.04 Å². The fourth-order valence-corrected chi connectivity index (χ4v) is 3.05. The Morgan fingerprint density at radius 1 is 0.750 bits per heavy atom. The molecule has 2 aromatic carbocycles. The second-order valence-electron chi connectivity index (χ2n) is 5.29. The Bertz CT molecular complexity index is 574. The summed E-state index contributed by atoms with van der Waals surface area (Å²) in [5.41, 5.74) is 5.25. The number of para-hydroxylation sites is 2. The largest absolute Gasteiger partial charge is 0.337 e. The molecule has 0 spiro atoms. The SMILES string of the molecule is CCC(CC)N1c2ccccc2C=Cc2ccccc21. The van der Waals surface area contributed by atoms with E-state index in [1.54, 1.807) is 0 Å². The molecule has 102 valence electrons. The van der Waals surface area contributed by atoms with Gasteiger partial charge in [-0.15, -0.1) is 0 Å². The molecule has 0 radical (unpaired) electrons. The quantitative estimate of drug-likeness (QED) is 0.707. The van der Waals surface area contributed by atoms with Crippen molar-refractivity contribution in [2.75, 3.05) is 4.90 Å². The van der Waals surface area contributed by atoms with E-state index < -0.39 is 0 Å². The number of rotatable bonds is 3. The van der Waals surface area contributed by atoms with Crippen molar-refractivity contribution in [3.8, 4) is 0 Å². The lowest BCUT2D eigenvalue weighted by Gasteiger charge is -2.34. The smallest absolute Gasteiger partial charge is 0.0487 e. The van der Waals surface area contributed by atoms with Gasteiger partial charge in [-0.05, 0) is 36.1 Å². The van der Waals surface area contributed by atoms with Gasteiger partial charge in [0, 0.05) is 17.4 Å². The molecule has 1 nitrogen and oxygen atoms in total. The van der Waals surface area contributed by atoms with Crippen LogP contribution < -0.4 is 4.90 Å². The van der Waals surface area contributed by atoms with E-state index in [0.717, 1.165) is 12.8 Å². The summed E-state index contributed by atoms with van der Waals surface area (Å²) >= 11 is 0. The first kappa shape index (κ1) is 13.0. The second-order valence-corrected chi connectivity index (χ2v) is 5.29. The maximum atomic E-state index is 2.52. The lowest BCUT2D eigenvalue weighted by Crippen LogP contribution is -2.30. The van der Waals surface area contributed by atoms with E-state index in [-0.39, 0.29) is 0 Å². The third-order valence-electron chi connectivity index (χ3n) is 4.14. The van der Waals surface area contributed by atoms with Crippen LogP contribution in [0.3, 0.4) is 0 Å². The van der Waals surface area contributed by atoms with Crippen LogP contribution in [0, 0.1) is 0 Å². The molecular weight excluding hydrogens is 242 g/mol. The Morgan fingerprint density at radius 3 is 1.65 bits per heavy atom. The topological polar surface area (TPSA) is 3.24 Å². The first-order chi connectivity index (χ1) is 9.85. The summed E-state index contributed by atoms with van der Waals surface area (Å²) in [5.74, 6) is 0. The number of nitrogens with zero attached hydrogens (tertiary/aromatic N) is 1. The molecular formula is C19H21N. The lowest BCUT2D eigenvalue weighted by atomic mass is 10.0. The molecule has 1 heterocycles. The molecule has 2 aromatic rings. The second kappa shape index (κ2) is 5.54. The van der Waals surface area contributed by atoms with E-state index in [4.69, 9.17) is 0 Å². The molecule has 0 aliphatic carbocycles. The van der Waals surface area contributed by atoms with Crippen molar-refractivity contribution < 1.29 is 0 Å². The molecule has 20 heavy (non-hydrogen) atoms. The van der Waals surface area contributed by atoms with E-state index in [1.807, 2.05) is 0 Å². The molecule has 0 unspecified atom stereocenters. The third kappa shape index (κ3) is 2.14. The van der Waals surface area contributed by atoms with E-state index >= 15 is 0 Å². The van der Waals surface area contributed by atoms with Crippen molar-refractivity contribution in [3.63, 3.8) is 0 Å². The zero-order valence-electron chi connectivity index (χ0n) is 12.2. The average molecular weight is 263 g/mol. The van der Waals surface area contributed by atoms with Gasteiger partial charge in [0.05, 0.1) is 0 Å². The monoisotopic (exact) mass is 263 g/mol. The van der Waals surface area contributed by atoms with Gasteiger partial charge < -0.3 is 4.90 Å². The number of benzene rings is 2. The summed E-state index contributed by atoms with van der Waals surface area (Å²) in [7, 11) is 0. The minimum Gasteiger partial charge on any atom is -0.337 e. The molecule has 0 amide bonds. The van der Waals surface area contributed by atoms with Gasteiger partial charge in [0.25, 0.3) is 0 Å². The van der Waals surface area contributed by atoms with Crippen molar-refractivity contribution in [3.05, 3.63) is 59.7 Å². The van der Waals surface area contributed by atoms with E-state index in [2.05, 4.69) is 79.4 Å². The van der Waals surface area contributed by atoms with Crippen molar-refractivity contribution in [2.24, 2.45) is 0 Å². The summed E-state index contributed by atoms with van der Waals surface area (Å²) < 4.78 is 0. The zero-order valence-corrected chi connectivity index (χ0v) is 12.2. The average Bonchev–Trinajstić information content (AvgIpc) is 2.67. The molecule has 0 N–H and O–H groups in total. The maximum Gasteiger partial charge on any atom is 0.0487 e. The fourth-order valence-electron chi connectivity index (χ4n) is 3.05. The highest BCUT2D eigenvalue weighted by Crippen LogP contribution is 2.38. The third-order valence-corrected chi connectivity index (χ3v) is 4.14. The molecule has 1 heteroatoms. The Labute approximate surface area is 121 Å². The molecule has 0 bridgehead atoms.